The van der Waals surface area contributed by atoms with E-state index in [1.165, 1.54) is 30.4 Å². The van der Waals surface area contributed by atoms with Crippen molar-refractivity contribution >= 4 is 15.9 Å². The molecule has 19 heavy (non-hydrogen) atoms. The molecule has 1 aliphatic carbocycles. The Hall–Kier alpha value is -0.740. The zero-order valence-electron chi connectivity index (χ0n) is 11.3. The van der Waals surface area contributed by atoms with Crippen molar-refractivity contribution in [3.05, 3.63) is 21.7 Å². The molecule has 0 amide bonds. The minimum Gasteiger partial charge on any atom is -0.486 e. The first-order chi connectivity index (χ1) is 9.22. The molecular weight excluding hydrogens is 306 g/mol. The highest BCUT2D eigenvalue weighted by Crippen LogP contribution is 2.51. The molecular formula is C15H20BrNO2. The van der Waals surface area contributed by atoms with Gasteiger partial charge >= 0.3 is 0 Å². The van der Waals surface area contributed by atoms with E-state index in [-0.39, 0.29) is 5.41 Å². The molecule has 4 heteroatoms. The third-order valence-electron chi connectivity index (χ3n) is 4.50. The molecule has 0 atom stereocenters. The first-order valence-electron chi connectivity index (χ1n) is 7.03. The molecule has 0 spiro atoms. The number of rotatable bonds is 3. The lowest BCUT2D eigenvalue weighted by Crippen LogP contribution is -2.42. The van der Waals surface area contributed by atoms with Crippen molar-refractivity contribution in [3.63, 3.8) is 0 Å². The van der Waals surface area contributed by atoms with Crippen LogP contribution in [0.25, 0.3) is 0 Å². The third-order valence-corrected chi connectivity index (χ3v) is 5.08. The largest absolute Gasteiger partial charge is 0.486 e. The molecule has 1 aromatic carbocycles. The number of nitrogens with two attached hydrogens (primary N) is 1. The maximum Gasteiger partial charge on any atom is 0.175 e. The standard InChI is InChI=1S/C15H20BrNO2/c1-2-10-11(15(9-17)4-3-5-15)8-12(16)14-13(10)18-6-7-19-14/h8H,2-7,9,17H2,1H3. The van der Waals surface area contributed by atoms with Crippen molar-refractivity contribution < 1.29 is 9.47 Å². The number of hydrogen-bond donors (Lipinski definition) is 1. The van der Waals surface area contributed by atoms with Gasteiger partial charge in [0.1, 0.15) is 13.2 Å². The SMILES string of the molecule is CCc1c(C2(CN)CCC2)cc(Br)c2c1OCCO2. The van der Waals surface area contributed by atoms with E-state index >= 15 is 0 Å². The van der Waals surface area contributed by atoms with E-state index in [1.54, 1.807) is 0 Å². The molecule has 3 nitrogen and oxygen atoms in total. The number of hydrogen-bond acceptors (Lipinski definition) is 3. The molecule has 2 N–H and O–H groups in total. The number of fused-ring (bicyclic) bond motifs is 1. The second kappa shape index (κ2) is 4.98. The highest BCUT2D eigenvalue weighted by molar-refractivity contribution is 9.10. The minimum atomic E-state index is 0.156. The third kappa shape index (κ3) is 1.96. The second-order valence-corrected chi connectivity index (χ2v) is 6.29. The van der Waals surface area contributed by atoms with Crippen LogP contribution in [-0.4, -0.2) is 19.8 Å². The lowest BCUT2D eigenvalue weighted by molar-refractivity contribution is 0.167. The summed E-state index contributed by atoms with van der Waals surface area (Å²) in [4.78, 5) is 0. The quantitative estimate of drug-likeness (QED) is 0.928. The summed E-state index contributed by atoms with van der Waals surface area (Å²) in [6.07, 6.45) is 4.59. The number of ether oxygens (including phenoxy) is 2. The molecule has 0 unspecified atom stereocenters. The smallest absolute Gasteiger partial charge is 0.175 e. The van der Waals surface area contributed by atoms with E-state index < -0.39 is 0 Å². The molecule has 0 aromatic heterocycles. The van der Waals surface area contributed by atoms with Gasteiger partial charge in [0, 0.05) is 17.5 Å². The normalized spacial score (nSPS) is 19.9. The van der Waals surface area contributed by atoms with Crippen LogP contribution in [0.5, 0.6) is 11.5 Å². The van der Waals surface area contributed by atoms with E-state index in [1.807, 2.05) is 0 Å². The van der Waals surface area contributed by atoms with Gasteiger partial charge < -0.3 is 15.2 Å². The molecule has 0 radical (unpaired) electrons. The molecule has 0 bridgehead atoms. The monoisotopic (exact) mass is 325 g/mol. The van der Waals surface area contributed by atoms with E-state index in [9.17, 15) is 0 Å². The Bertz CT molecular complexity index is 492. The fourth-order valence-electron chi connectivity index (χ4n) is 3.23. The first-order valence-corrected chi connectivity index (χ1v) is 7.82. The Labute approximate surface area is 122 Å². The van der Waals surface area contributed by atoms with E-state index in [0.29, 0.717) is 19.8 Å². The number of halogens is 1. The van der Waals surface area contributed by atoms with Crippen molar-refractivity contribution in [2.45, 2.75) is 38.0 Å². The maximum atomic E-state index is 6.06. The van der Waals surface area contributed by atoms with E-state index in [4.69, 9.17) is 15.2 Å². The fraction of sp³-hybridized carbons (Fsp3) is 0.600. The zero-order chi connectivity index (χ0) is 13.5. The fourth-order valence-corrected chi connectivity index (χ4v) is 3.76. The van der Waals surface area contributed by atoms with Crippen molar-refractivity contribution in [1.29, 1.82) is 0 Å². The highest BCUT2D eigenvalue weighted by Gasteiger charge is 2.40. The molecule has 2 aliphatic rings. The molecule has 1 aliphatic heterocycles. The van der Waals surface area contributed by atoms with Crippen molar-refractivity contribution in [3.8, 4) is 11.5 Å². The summed E-state index contributed by atoms with van der Waals surface area (Å²) < 4.78 is 12.6. The molecule has 104 valence electrons. The summed E-state index contributed by atoms with van der Waals surface area (Å²) in [7, 11) is 0. The van der Waals surface area contributed by atoms with Crippen LogP contribution in [0.2, 0.25) is 0 Å². The molecule has 1 fully saturated rings. The van der Waals surface area contributed by atoms with Crippen LogP contribution in [0.3, 0.4) is 0 Å². The van der Waals surface area contributed by atoms with Crippen LogP contribution >= 0.6 is 15.9 Å². The summed E-state index contributed by atoms with van der Waals surface area (Å²) in [6, 6.07) is 2.21. The average Bonchev–Trinajstić information content (AvgIpc) is 2.39. The van der Waals surface area contributed by atoms with Gasteiger partial charge in [-0.05, 0) is 46.8 Å². The summed E-state index contributed by atoms with van der Waals surface area (Å²) in [6.45, 7) is 4.14. The van der Waals surface area contributed by atoms with E-state index in [0.717, 1.165) is 22.4 Å². The minimum absolute atomic E-state index is 0.156. The molecule has 1 saturated carbocycles. The van der Waals surface area contributed by atoms with Crippen LogP contribution in [0.15, 0.2) is 10.5 Å². The summed E-state index contributed by atoms with van der Waals surface area (Å²) in [5.74, 6) is 1.79. The Morgan fingerprint density at radius 1 is 1.26 bits per heavy atom. The van der Waals surface area contributed by atoms with Crippen LogP contribution in [0, 0.1) is 0 Å². The van der Waals surface area contributed by atoms with Crippen LogP contribution < -0.4 is 15.2 Å². The van der Waals surface area contributed by atoms with Crippen LogP contribution in [0.1, 0.15) is 37.3 Å². The molecule has 0 saturated heterocycles. The van der Waals surface area contributed by atoms with Gasteiger partial charge in [-0.15, -0.1) is 0 Å². The van der Waals surface area contributed by atoms with Gasteiger partial charge in [0.05, 0.1) is 4.47 Å². The van der Waals surface area contributed by atoms with Gasteiger partial charge in [-0.3, -0.25) is 0 Å². The maximum absolute atomic E-state index is 6.06. The predicted molar refractivity (Wildman–Crippen MR) is 79.1 cm³/mol. The Morgan fingerprint density at radius 2 is 1.95 bits per heavy atom. The van der Waals surface area contributed by atoms with Crippen LogP contribution in [-0.2, 0) is 11.8 Å². The van der Waals surface area contributed by atoms with Gasteiger partial charge in [-0.2, -0.15) is 0 Å². The topological polar surface area (TPSA) is 44.5 Å². The molecule has 1 aromatic rings. The Morgan fingerprint density at radius 3 is 2.47 bits per heavy atom. The lowest BCUT2D eigenvalue weighted by Gasteiger charge is -2.43. The Kier molecular flexibility index (Phi) is 3.48. The van der Waals surface area contributed by atoms with Crippen molar-refractivity contribution in [2.24, 2.45) is 5.73 Å². The first kappa shape index (κ1) is 13.3. The van der Waals surface area contributed by atoms with Gasteiger partial charge in [-0.25, -0.2) is 0 Å². The van der Waals surface area contributed by atoms with Gasteiger partial charge in [0.25, 0.3) is 0 Å². The van der Waals surface area contributed by atoms with Crippen molar-refractivity contribution in [2.75, 3.05) is 19.8 Å². The molecule has 1 heterocycles. The van der Waals surface area contributed by atoms with Crippen molar-refractivity contribution in [1.82, 2.24) is 0 Å². The highest BCUT2D eigenvalue weighted by atomic mass is 79.9. The molecule has 3 rings (SSSR count). The van der Waals surface area contributed by atoms with Crippen LogP contribution in [0.4, 0.5) is 0 Å². The number of benzene rings is 1. The summed E-state index contributed by atoms with van der Waals surface area (Å²) in [5.41, 5.74) is 8.86. The predicted octanol–water partition coefficient (Wildman–Crippen LogP) is 3.16. The van der Waals surface area contributed by atoms with E-state index in [2.05, 4.69) is 28.9 Å². The van der Waals surface area contributed by atoms with Gasteiger partial charge in [0.15, 0.2) is 11.5 Å². The average molecular weight is 326 g/mol. The second-order valence-electron chi connectivity index (χ2n) is 5.43. The lowest BCUT2D eigenvalue weighted by atomic mass is 9.63. The zero-order valence-corrected chi connectivity index (χ0v) is 12.9. The summed E-state index contributed by atoms with van der Waals surface area (Å²) in [5, 5.41) is 0. The van der Waals surface area contributed by atoms with Gasteiger partial charge in [0.2, 0.25) is 0 Å². The van der Waals surface area contributed by atoms with Gasteiger partial charge in [-0.1, -0.05) is 13.3 Å². The Balaban J connectivity index is 2.17. The summed E-state index contributed by atoms with van der Waals surface area (Å²) >= 11 is 3.63.